The van der Waals surface area contributed by atoms with Gasteiger partial charge in [-0.1, -0.05) is 12.8 Å². The van der Waals surface area contributed by atoms with Gasteiger partial charge in [0.15, 0.2) is 0 Å². The first-order chi connectivity index (χ1) is 12.3. The van der Waals surface area contributed by atoms with E-state index >= 15 is 0 Å². The molecule has 2 aromatic rings. The van der Waals surface area contributed by atoms with E-state index in [-0.39, 0.29) is 23.1 Å². The highest BCUT2D eigenvalue weighted by molar-refractivity contribution is 6.06. The van der Waals surface area contributed by atoms with Crippen LogP contribution in [0.25, 0.3) is 10.9 Å². The first kappa shape index (κ1) is 17.6. The number of hydrogen-bond donors (Lipinski definition) is 3. The van der Waals surface area contributed by atoms with Crippen LogP contribution in [0.4, 0.5) is 5.69 Å². The SMILES string of the molecule is O=C(O)CC1(NC(=O)c2cc(=O)[nH]c3ccc([N+](=O)[O-])cc23)CCCC1. The Balaban J connectivity index is 2.04. The van der Waals surface area contributed by atoms with Gasteiger partial charge in [0, 0.05) is 29.1 Å². The molecule has 9 heteroatoms. The lowest BCUT2D eigenvalue weighted by atomic mass is 9.92. The van der Waals surface area contributed by atoms with Gasteiger partial charge in [0.2, 0.25) is 5.56 Å². The molecule has 1 aliphatic carbocycles. The molecule has 3 N–H and O–H groups in total. The highest BCUT2D eigenvalue weighted by Crippen LogP contribution is 2.33. The number of rotatable bonds is 5. The molecule has 136 valence electrons. The predicted molar refractivity (Wildman–Crippen MR) is 92.1 cm³/mol. The Morgan fingerprint density at radius 1 is 1.27 bits per heavy atom. The number of aliphatic carboxylic acids is 1. The highest BCUT2D eigenvalue weighted by Gasteiger charge is 2.38. The summed E-state index contributed by atoms with van der Waals surface area (Å²) in [4.78, 5) is 48.8. The van der Waals surface area contributed by atoms with Gasteiger partial charge in [-0.15, -0.1) is 0 Å². The number of hydrogen-bond acceptors (Lipinski definition) is 5. The number of fused-ring (bicyclic) bond motifs is 1. The maximum Gasteiger partial charge on any atom is 0.305 e. The van der Waals surface area contributed by atoms with Crippen molar-refractivity contribution in [2.45, 2.75) is 37.6 Å². The number of nitrogens with one attached hydrogen (secondary N) is 2. The second kappa shape index (κ2) is 6.58. The van der Waals surface area contributed by atoms with Crippen LogP contribution in [0, 0.1) is 10.1 Å². The number of nitro benzene ring substituents is 1. The van der Waals surface area contributed by atoms with Gasteiger partial charge in [0.25, 0.3) is 11.6 Å². The van der Waals surface area contributed by atoms with Crippen molar-refractivity contribution in [2.75, 3.05) is 0 Å². The first-order valence-electron chi connectivity index (χ1n) is 8.15. The fourth-order valence-electron chi connectivity index (χ4n) is 3.54. The monoisotopic (exact) mass is 359 g/mol. The van der Waals surface area contributed by atoms with Crippen LogP contribution in [0.15, 0.2) is 29.1 Å². The number of H-pyrrole nitrogens is 1. The number of carbonyl (C=O) groups excluding carboxylic acids is 1. The summed E-state index contributed by atoms with van der Waals surface area (Å²) in [5.41, 5.74) is -1.30. The Morgan fingerprint density at radius 3 is 2.58 bits per heavy atom. The number of carboxylic acids is 1. The van der Waals surface area contributed by atoms with Crippen LogP contribution in [0.5, 0.6) is 0 Å². The minimum atomic E-state index is -1.02. The zero-order valence-corrected chi connectivity index (χ0v) is 13.8. The lowest BCUT2D eigenvalue weighted by molar-refractivity contribution is -0.384. The van der Waals surface area contributed by atoms with Gasteiger partial charge in [-0.05, 0) is 18.9 Å². The average molecular weight is 359 g/mol. The molecule has 0 atom stereocenters. The number of carbonyl (C=O) groups is 2. The Morgan fingerprint density at radius 2 is 1.96 bits per heavy atom. The maximum atomic E-state index is 12.8. The summed E-state index contributed by atoms with van der Waals surface area (Å²) in [6.45, 7) is 0. The van der Waals surface area contributed by atoms with Gasteiger partial charge >= 0.3 is 5.97 Å². The summed E-state index contributed by atoms with van der Waals surface area (Å²) >= 11 is 0. The number of aromatic nitrogens is 1. The van der Waals surface area contributed by atoms with Gasteiger partial charge in [-0.2, -0.15) is 0 Å². The predicted octanol–water partition coefficient (Wildman–Crippen LogP) is 1.95. The van der Waals surface area contributed by atoms with Crippen LogP contribution >= 0.6 is 0 Å². The van der Waals surface area contributed by atoms with Crippen LogP contribution in [0.1, 0.15) is 42.5 Å². The second-order valence-corrected chi connectivity index (χ2v) is 6.55. The van der Waals surface area contributed by atoms with Crippen molar-refractivity contribution in [2.24, 2.45) is 0 Å². The van der Waals surface area contributed by atoms with Crippen molar-refractivity contribution in [3.8, 4) is 0 Å². The minimum Gasteiger partial charge on any atom is -0.481 e. The van der Waals surface area contributed by atoms with Gasteiger partial charge in [-0.3, -0.25) is 24.5 Å². The van der Waals surface area contributed by atoms with Gasteiger partial charge in [-0.25, -0.2) is 0 Å². The lowest BCUT2D eigenvalue weighted by Gasteiger charge is -2.28. The molecule has 9 nitrogen and oxygen atoms in total. The lowest BCUT2D eigenvalue weighted by Crippen LogP contribution is -2.48. The first-order valence-corrected chi connectivity index (χ1v) is 8.15. The Kier molecular flexibility index (Phi) is 4.45. The minimum absolute atomic E-state index is 0.0101. The van der Waals surface area contributed by atoms with E-state index in [2.05, 4.69) is 10.3 Å². The molecule has 0 radical (unpaired) electrons. The number of aromatic amines is 1. The van der Waals surface area contributed by atoms with E-state index in [9.17, 15) is 24.5 Å². The standard InChI is InChI=1S/C17H17N3O6/c21-14-8-12(11-7-10(20(25)26)3-4-13(11)18-14)16(24)19-17(9-15(22)23)5-1-2-6-17/h3-4,7-8H,1-2,5-6,9H2,(H,18,21)(H,19,24)(H,22,23). The fraction of sp³-hybridized carbons (Fsp3) is 0.353. The van der Waals surface area contributed by atoms with Crippen LogP contribution in [0.2, 0.25) is 0 Å². The fourth-order valence-corrected chi connectivity index (χ4v) is 3.54. The summed E-state index contributed by atoms with van der Waals surface area (Å²) in [6.07, 6.45) is 2.46. The third-order valence-corrected chi connectivity index (χ3v) is 4.71. The molecular weight excluding hydrogens is 342 g/mol. The molecule has 0 unspecified atom stereocenters. The van der Waals surface area contributed by atoms with Crippen molar-refractivity contribution in [1.82, 2.24) is 10.3 Å². The molecule has 1 aliphatic rings. The van der Waals surface area contributed by atoms with Gasteiger partial charge in [0.05, 0.1) is 22.4 Å². The van der Waals surface area contributed by atoms with Crippen LogP contribution < -0.4 is 10.9 Å². The van der Waals surface area contributed by atoms with E-state index in [1.807, 2.05) is 0 Å². The molecule has 0 spiro atoms. The number of pyridine rings is 1. The average Bonchev–Trinajstić information content (AvgIpc) is 3.00. The van der Waals surface area contributed by atoms with E-state index in [0.29, 0.717) is 18.4 Å². The molecule has 1 saturated carbocycles. The quantitative estimate of drug-likeness (QED) is 0.550. The van der Waals surface area contributed by atoms with Gasteiger partial charge < -0.3 is 15.4 Å². The Labute approximate surface area is 147 Å². The molecule has 1 fully saturated rings. The number of nitro groups is 1. The molecule has 0 bridgehead atoms. The summed E-state index contributed by atoms with van der Waals surface area (Å²) in [7, 11) is 0. The van der Waals surface area contributed by atoms with E-state index < -0.39 is 27.9 Å². The highest BCUT2D eigenvalue weighted by atomic mass is 16.6. The third kappa shape index (κ3) is 3.41. The Hall–Kier alpha value is -3.23. The molecule has 3 rings (SSSR count). The van der Waals surface area contributed by atoms with Crippen molar-refractivity contribution in [3.05, 3.63) is 50.3 Å². The summed E-state index contributed by atoms with van der Waals surface area (Å²) < 4.78 is 0. The topological polar surface area (TPSA) is 142 Å². The summed E-state index contributed by atoms with van der Waals surface area (Å²) in [5, 5.41) is 23.2. The molecule has 0 saturated heterocycles. The van der Waals surface area contributed by atoms with E-state index in [4.69, 9.17) is 5.11 Å². The van der Waals surface area contributed by atoms with E-state index in [1.165, 1.54) is 18.2 Å². The van der Waals surface area contributed by atoms with Crippen molar-refractivity contribution < 1.29 is 19.6 Å². The normalized spacial score (nSPS) is 15.7. The molecule has 26 heavy (non-hydrogen) atoms. The summed E-state index contributed by atoms with van der Waals surface area (Å²) in [5.74, 6) is -1.62. The molecular formula is C17H17N3O6. The molecule has 1 amide bonds. The number of nitrogens with zero attached hydrogens (tertiary/aromatic N) is 1. The van der Waals surface area contributed by atoms with Crippen molar-refractivity contribution in [1.29, 1.82) is 0 Å². The number of amides is 1. The van der Waals surface area contributed by atoms with Crippen LogP contribution in [-0.4, -0.2) is 32.4 Å². The maximum absolute atomic E-state index is 12.8. The molecule has 0 aliphatic heterocycles. The third-order valence-electron chi connectivity index (χ3n) is 4.71. The summed E-state index contributed by atoms with van der Waals surface area (Å²) in [6, 6.07) is 4.90. The van der Waals surface area contributed by atoms with Crippen molar-refractivity contribution >= 4 is 28.5 Å². The van der Waals surface area contributed by atoms with E-state index in [0.717, 1.165) is 18.9 Å². The molecule has 1 aromatic carbocycles. The van der Waals surface area contributed by atoms with Crippen molar-refractivity contribution in [3.63, 3.8) is 0 Å². The largest absolute Gasteiger partial charge is 0.481 e. The number of benzene rings is 1. The Bertz CT molecular complexity index is 959. The van der Waals surface area contributed by atoms with Gasteiger partial charge in [0.1, 0.15) is 0 Å². The number of non-ortho nitro benzene ring substituents is 1. The van der Waals surface area contributed by atoms with Crippen LogP contribution in [0.3, 0.4) is 0 Å². The molecule has 1 heterocycles. The second-order valence-electron chi connectivity index (χ2n) is 6.55. The van der Waals surface area contributed by atoms with Crippen LogP contribution in [-0.2, 0) is 4.79 Å². The smallest absolute Gasteiger partial charge is 0.305 e. The zero-order valence-electron chi connectivity index (χ0n) is 13.8. The number of carboxylic acid groups (broad SMARTS) is 1. The molecule has 1 aromatic heterocycles. The zero-order chi connectivity index (χ0) is 18.9. The van der Waals surface area contributed by atoms with E-state index in [1.54, 1.807) is 0 Å².